The number of likely N-dealkylation sites (tertiary alicyclic amines) is 1. The molecular weight excluding hydrogens is 286 g/mol. The Morgan fingerprint density at radius 3 is 3.10 bits per heavy atom. The molecule has 0 spiro atoms. The minimum atomic E-state index is 0.0274. The zero-order valence-corrected chi connectivity index (χ0v) is 12.0. The average Bonchev–Trinajstić information content (AvgIpc) is 3.10. The Balaban J connectivity index is 1.42. The van der Waals surface area contributed by atoms with Gasteiger partial charge in [0.05, 0.1) is 23.4 Å². The van der Waals surface area contributed by atoms with Crippen LogP contribution < -0.4 is 0 Å². The molecule has 3 aromatic heterocycles. The minimum Gasteiger partial charge on any atom is -0.472 e. The molecule has 1 aliphatic heterocycles. The van der Waals surface area contributed by atoms with Crippen molar-refractivity contribution in [1.82, 2.24) is 14.9 Å². The van der Waals surface area contributed by atoms with Gasteiger partial charge in [0, 0.05) is 19.3 Å². The predicted molar refractivity (Wildman–Crippen MR) is 79.2 cm³/mol. The van der Waals surface area contributed by atoms with Gasteiger partial charge in [-0.2, -0.15) is 0 Å². The fourth-order valence-electron chi connectivity index (χ4n) is 2.61. The van der Waals surface area contributed by atoms with Crippen molar-refractivity contribution < 1.29 is 9.21 Å². The number of fused-ring (bicyclic) bond motifs is 1. The highest BCUT2D eigenvalue weighted by atomic mass is 32.1. The number of hydrogen-bond acceptors (Lipinski definition) is 5. The second-order valence-electron chi connectivity index (χ2n) is 5.27. The van der Waals surface area contributed by atoms with Gasteiger partial charge in [0.25, 0.3) is 5.91 Å². The lowest BCUT2D eigenvalue weighted by atomic mass is 9.93. The van der Waals surface area contributed by atoms with Crippen molar-refractivity contribution in [3.8, 4) is 0 Å². The molecule has 4 heterocycles. The average molecular weight is 299 g/mol. The molecule has 106 valence electrons. The molecule has 1 fully saturated rings. The van der Waals surface area contributed by atoms with E-state index in [0.717, 1.165) is 29.7 Å². The summed E-state index contributed by atoms with van der Waals surface area (Å²) < 4.78 is 6.07. The normalized spacial score (nSPS) is 15.3. The van der Waals surface area contributed by atoms with Crippen molar-refractivity contribution in [2.45, 2.75) is 6.42 Å². The van der Waals surface area contributed by atoms with Gasteiger partial charge in [-0.3, -0.25) is 9.78 Å². The van der Waals surface area contributed by atoms with Crippen LogP contribution in [-0.2, 0) is 6.42 Å². The summed E-state index contributed by atoms with van der Waals surface area (Å²) in [6.45, 7) is 1.58. The standard InChI is InChI=1S/C15H13N3O2S/c19-15(14-17-12-6-16-3-1-13(12)21-14)18-7-11(8-18)5-10-2-4-20-9-10/h1-4,6,9,11H,5,7-8H2. The molecule has 0 aliphatic carbocycles. The fraction of sp³-hybridized carbons (Fsp3) is 0.267. The van der Waals surface area contributed by atoms with Crippen LogP contribution in [-0.4, -0.2) is 33.9 Å². The third kappa shape index (κ3) is 2.31. The molecule has 0 N–H and O–H groups in total. The first-order chi connectivity index (χ1) is 10.3. The second-order valence-corrected chi connectivity index (χ2v) is 6.30. The molecule has 0 radical (unpaired) electrons. The van der Waals surface area contributed by atoms with Crippen molar-refractivity contribution >= 4 is 27.5 Å². The van der Waals surface area contributed by atoms with Crippen LogP contribution in [0.5, 0.6) is 0 Å². The second kappa shape index (κ2) is 4.96. The maximum Gasteiger partial charge on any atom is 0.282 e. The zero-order chi connectivity index (χ0) is 14.2. The Bertz CT molecular complexity index is 742. The molecule has 0 bridgehead atoms. The van der Waals surface area contributed by atoms with Gasteiger partial charge in [0.2, 0.25) is 0 Å². The molecule has 1 amide bonds. The number of furan rings is 1. The van der Waals surface area contributed by atoms with Crippen LogP contribution in [0.4, 0.5) is 0 Å². The van der Waals surface area contributed by atoms with Crippen molar-refractivity contribution in [1.29, 1.82) is 0 Å². The zero-order valence-electron chi connectivity index (χ0n) is 11.2. The highest BCUT2D eigenvalue weighted by molar-refractivity contribution is 7.20. The summed E-state index contributed by atoms with van der Waals surface area (Å²) in [7, 11) is 0. The van der Waals surface area contributed by atoms with Crippen LogP contribution in [0, 0.1) is 5.92 Å². The molecule has 4 rings (SSSR count). The van der Waals surface area contributed by atoms with Gasteiger partial charge < -0.3 is 9.32 Å². The van der Waals surface area contributed by atoms with Gasteiger partial charge in [-0.1, -0.05) is 0 Å². The van der Waals surface area contributed by atoms with E-state index in [0.29, 0.717) is 10.9 Å². The molecule has 21 heavy (non-hydrogen) atoms. The highest BCUT2D eigenvalue weighted by Crippen LogP contribution is 2.26. The Kier molecular flexibility index (Phi) is 2.96. The van der Waals surface area contributed by atoms with Crippen LogP contribution in [0.1, 0.15) is 15.4 Å². The Morgan fingerprint density at radius 2 is 2.33 bits per heavy atom. The third-order valence-corrected chi connectivity index (χ3v) is 4.75. The molecule has 0 aromatic carbocycles. The van der Waals surface area contributed by atoms with E-state index in [4.69, 9.17) is 4.42 Å². The monoisotopic (exact) mass is 299 g/mol. The first-order valence-corrected chi connectivity index (χ1v) is 7.62. The molecule has 0 atom stereocenters. The van der Waals surface area contributed by atoms with E-state index in [2.05, 4.69) is 9.97 Å². The van der Waals surface area contributed by atoms with E-state index in [1.54, 1.807) is 24.9 Å². The van der Waals surface area contributed by atoms with Gasteiger partial charge in [0.15, 0.2) is 5.01 Å². The van der Waals surface area contributed by atoms with Crippen molar-refractivity contribution in [3.63, 3.8) is 0 Å². The van der Waals surface area contributed by atoms with E-state index in [9.17, 15) is 4.79 Å². The summed E-state index contributed by atoms with van der Waals surface area (Å²) in [5.74, 6) is 0.544. The maximum absolute atomic E-state index is 12.4. The van der Waals surface area contributed by atoms with Gasteiger partial charge >= 0.3 is 0 Å². The summed E-state index contributed by atoms with van der Waals surface area (Å²) in [5, 5.41) is 0.555. The topological polar surface area (TPSA) is 59.2 Å². The van der Waals surface area contributed by atoms with Gasteiger partial charge in [-0.05, 0) is 30.0 Å². The SMILES string of the molecule is O=C(c1nc2cnccc2s1)N1CC(Cc2ccoc2)C1. The number of carbonyl (C=O) groups excluding carboxylic acids is 1. The van der Waals surface area contributed by atoms with E-state index >= 15 is 0 Å². The molecule has 5 nitrogen and oxygen atoms in total. The first kappa shape index (κ1) is 12.5. The quantitative estimate of drug-likeness (QED) is 0.746. The lowest BCUT2D eigenvalue weighted by molar-refractivity contribution is 0.0501. The minimum absolute atomic E-state index is 0.0274. The van der Waals surface area contributed by atoms with Crippen LogP contribution >= 0.6 is 11.3 Å². The van der Waals surface area contributed by atoms with Crippen molar-refractivity contribution in [3.05, 3.63) is 47.6 Å². The summed E-state index contributed by atoms with van der Waals surface area (Å²) in [6, 6.07) is 3.87. The summed E-state index contributed by atoms with van der Waals surface area (Å²) in [4.78, 5) is 22.6. The van der Waals surface area contributed by atoms with E-state index in [1.165, 1.54) is 16.9 Å². The fourth-order valence-corrected chi connectivity index (χ4v) is 3.51. The number of aromatic nitrogens is 2. The smallest absolute Gasteiger partial charge is 0.282 e. The number of amides is 1. The number of carbonyl (C=O) groups is 1. The van der Waals surface area contributed by atoms with Crippen molar-refractivity contribution in [2.24, 2.45) is 5.92 Å². The van der Waals surface area contributed by atoms with Crippen molar-refractivity contribution in [2.75, 3.05) is 13.1 Å². The van der Waals surface area contributed by atoms with Crippen LogP contribution in [0.15, 0.2) is 41.5 Å². The first-order valence-electron chi connectivity index (χ1n) is 6.80. The maximum atomic E-state index is 12.4. The third-order valence-electron chi connectivity index (χ3n) is 3.72. The highest BCUT2D eigenvalue weighted by Gasteiger charge is 2.32. The van der Waals surface area contributed by atoms with Crippen LogP contribution in [0.25, 0.3) is 10.2 Å². The lowest BCUT2D eigenvalue weighted by Crippen LogP contribution is -2.50. The lowest BCUT2D eigenvalue weighted by Gasteiger charge is -2.38. The van der Waals surface area contributed by atoms with Gasteiger partial charge in [-0.15, -0.1) is 11.3 Å². The molecule has 0 unspecified atom stereocenters. The number of hydrogen-bond donors (Lipinski definition) is 0. The largest absolute Gasteiger partial charge is 0.472 e. The van der Waals surface area contributed by atoms with E-state index < -0.39 is 0 Å². The van der Waals surface area contributed by atoms with E-state index in [1.807, 2.05) is 17.0 Å². The number of rotatable bonds is 3. The van der Waals surface area contributed by atoms with Crippen LogP contribution in [0.3, 0.4) is 0 Å². The molecule has 1 aliphatic rings. The Hall–Kier alpha value is -2.21. The van der Waals surface area contributed by atoms with Gasteiger partial charge in [-0.25, -0.2) is 4.98 Å². The van der Waals surface area contributed by atoms with E-state index in [-0.39, 0.29) is 5.91 Å². The number of pyridine rings is 1. The van der Waals surface area contributed by atoms with Gasteiger partial charge in [0.1, 0.15) is 5.52 Å². The summed E-state index contributed by atoms with van der Waals surface area (Å²) in [5.41, 5.74) is 1.99. The summed E-state index contributed by atoms with van der Waals surface area (Å²) >= 11 is 1.43. The molecular formula is C15H13N3O2S. The Labute approximate surface area is 125 Å². The molecule has 0 saturated carbocycles. The molecule has 3 aromatic rings. The Morgan fingerprint density at radius 1 is 1.43 bits per heavy atom. The molecule has 6 heteroatoms. The predicted octanol–water partition coefficient (Wildman–Crippen LogP) is 2.60. The summed E-state index contributed by atoms with van der Waals surface area (Å²) in [6.07, 6.45) is 7.83. The van der Waals surface area contributed by atoms with Crippen LogP contribution in [0.2, 0.25) is 0 Å². The molecule has 1 saturated heterocycles. The number of thiazole rings is 1. The number of nitrogens with zero attached hydrogens (tertiary/aromatic N) is 3.